The molecule has 1 amide bonds. The summed E-state index contributed by atoms with van der Waals surface area (Å²) in [6, 6.07) is 4.95. The van der Waals surface area contributed by atoms with Gasteiger partial charge in [0.1, 0.15) is 5.82 Å². The number of hydrogen-bond donors (Lipinski definition) is 1. The second-order valence-electron chi connectivity index (χ2n) is 7.08. The molecule has 0 bridgehead atoms. The molecule has 0 radical (unpaired) electrons. The summed E-state index contributed by atoms with van der Waals surface area (Å²) in [6.07, 6.45) is 9.91. The highest BCUT2D eigenvalue weighted by atomic mass is 35.5. The molecule has 2 aliphatic rings. The van der Waals surface area contributed by atoms with E-state index in [-0.39, 0.29) is 17.5 Å². The maximum Gasteiger partial charge on any atom is 0.254 e. The van der Waals surface area contributed by atoms with E-state index < -0.39 is 5.82 Å². The van der Waals surface area contributed by atoms with Crippen molar-refractivity contribution in [3.63, 3.8) is 0 Å². The Morgan fingerprint density at radius 1 is 1.12 bits per heavy atom. The fourth-order valence-electron chi connectivity index (χ4n) is 4.02. The van der Waals surface area contributed by atoms with E-state index in [9.17, 15) is 9.18 Å². The van der Waals surface area contributed by atoms with Crippen LogP contribution in [0.15, 0.2) is 18.2 Å². The number of halogens is 2. The number of likely N-dealkylation sites (tertiary alicyclic amines) is 1. The second-order valence-corrected chi connectivity index (χ2v) is 7.51. The molecule has 2 fully saturated rings. The van der Waals surface area contributed by atoms with Crippen molar-refractivity contribution in [3.05, 3.63) is 34.6 Å². The zero-order valence-electron chi connectivity index (χ0n) is 14.1. The number of amides is 1. The highest BCUT2D eigenvalue weighted by molar-refractivity contribution is 6.30. The minimum Gasteiger partial charge on any atom is -0.348 e. The summed E-state index contributed by atoms with van der Waals surface area (Å²) in [5, 5.41) is 3.32. The predicted molar refractivity (Wildman–Crippen MR) is 95.0 cm³/mol. The first kappa shape index (κ1) is 17.7. The van der Waals surface area contributed by atoms with Crippen LogP contribution in [-0.4, -0.2) is 36.0 Å². The lowest BCUT2D eigenvalue weighted by Crippen LogP contribution is -2.51. The molecular weight excluding hydrogens is 327 g/mol. The Balaban J connectivity index is 1.59. The van der Waals surface area contributed by atoms with Gasteiger partial charge in [0, 0.05) is 23.7 Å². The number of piperidine rings is 1. The van der Waals surface area contributed by atoms with Gasteiger partial charge in [-0.1, -0.05) is 37.3 Å². The average Bonchev–Trinajstić information content (AvgIpc) is 2.84. The van der Waals surface area contributed by atoms with E-state index in [2.05, 4.69) is 10.2 Å². The van der Waals surface area contributed by atoms with Crippen LogP contribution in [0.1, 0.15) is 61.7 Å². The Morgan fingerprint density at radius 3 is 2.58 bits per heavy atom. The van der Waals surface area contributed by atoms with Gasteiger partial charge in [-0.2, -0.15) is 0 Å². The molecule has 1 aromatic rings. The summed E-state index contributed by atoms with van der Waals surface area (Å²) in [5.74, 6) is -0.895. The van der Waals surface area contributed by atoms with Crippen molar-refractivity contribution in [2.75, 3.05) is 13.1 Å². The molecule has 0 spiro atoms. The smallest absolute Gasteiger partial charge is 0.254 e. The minimum atomic E-state index is -0.559. The van der Waals surface area contributed by atoms with Gasteiger partial charge >= 0.3 is 0 Å². The Morgan fingerprint density at radius 2 is 1.88 bits per heavy atom. The van der Waals surface area contributed by atoms with Gasteiger partial charge in [0.2, 0.25) is 0 Å². The van der Waals surface area contributed by atoms with Crippen molar-refractivity contribution < 1.29 is 9.18 Å². The number of carbonyl (C=O) groups is 1. The molecule has 1 saturated heterocycles. The third kappa shape index (κ3) is 4.48. The van der Waals surface area contributed by atoms with Gasteiger partial charge in [0.25, 0.3) is 5.91 Å². The summed E-state index contributed by atoms with van der Waals surface area (Å²) < 4.78 is 13.9. The maximum absolute atomic E-state index is 13.9. The van der Waals surface area contributed by atoms with Crippen LogP contribution in [0.3, 0.4) is 0 Å². The van der Waals surface area contributed by atoms with Gasteiger partial charge in [-0.25, -0.2) is 4.39 Å². The Kier molecular flexibility index (Phi) is 6.12. The maximum atomic E-state index is 13.9. The highest BCUT2D eigenvalue weighted by Crippen LogP contribution is 2.25. The molecule has 1 aliphatic carbocycles. The number of nitrogens with one attached hydrogen (secondary N) is 1. The minimum absolute atomic E-state index is 0.0750. The summed E-state index contributed by atoms with van der Waals surface area (Å²) in [6.45, 7) is 2.00. The van der Waals surface area contributed by atoms with Crippen LogP contribution in [0, 0.1) is 5.82 Å². The molecule has 3 nitrogen and oxygen atoms in total. The van der Waals surface area contributed by atoms with Crippen LogP contribution >= 0.6 is 11.6 Å². The van der Waals surface area contributed by atoms with Gasteiger partial charge in [-0.3, -0.25) is 9.69 Å². The average molecular weight is 353 g/mol. The zero-order valence-corrected chi connectivity index (χ0v) is 14.8. The number of carbonyl (C=O) groups excluding carboxylic acids is 1. The van der Waals surface area contributed by atoms with Crippen LogP contribution in [0.2, 0.25) is 5.02 Å². The molecule has 1 aliphatic heterocycles. The van der Waals surface area contributed by atoms with Gasteiger partial charge in [-0.15, -0.1) is 0 Å². The van der Waals surface area contributed by atoms with Gasteiger partial charge in [0.05, 0.1) is 5.56 Å². The lowest BCUT2D eigenvalue weighted by atomic mass is 9.99. The van der Waals surface area contributed by atoms with E-state index in [0.29, 0.717) is 11.1 Å². The van der Waals surface area contributed by atoms with Crippen LogP contribution in [0.5, 0.6) is 0 Å². The topological polar surface area (TPSA) is 32.3 Å². The van der Waals surface area contributed by atoms with Crippen molar-refractivity contribution >= 4 is 17.5 Å². The quantitative estimate of drug-likeness (QED) is 0.818. The highest BCUT2D eigenvalue weighted by Gasteiger charge is 2.27. The SMILES string of the molecule is O=C(NC1CCCN(C2CCCCCC2)C1)c1ccc(Cl)cc1F. The molecule has 1 aromatic carbocycles. The van der Waals surface area contributed by atoms with Gasteiger partial charge in [-0.05, 0) is 50.4 Å². The summed E-state index contributed by atoms with van der Waals surface area (Å²) in [5.41, 5.74) is 0.0750. The molecule has 1 atom stereocenters. The first-order valence-electron chi connectivity index (χ1n) is 9.13. The second kappa shape index (κ2) is 8.30. The zero-order chi connectivity index (χ0) is 16.9. The Labute approximate surface area is 148 Å². The van der Waals surface area contributed by atoms with Crippen molar-refractivity contribution in [2.24, 2.45) is 0 Å². The molecular formula is C19H26ClFN2O. The normalized spacial score (nSPS) is 23.7. The fourth-order valence-corrected chi connectivity index (χ4v) is 4.17. The number of nitrogens with zero attached hydrogens (tertiary/aromatic N) is 1. The Bertz CT molecular complexity index is 572. The number of benzene rings is 1. The van der Waals surface area contributed by atoms with Crippen LogP contribution in [0.25, 0.3) is 0 Å². The van der Waals surface area contributed by atoms with Crippen molar-refractivity contribution in [3.8, 4) is 0 Å². The molecule has 1 unspecified atom stereocenters. The van der Waals surface area contributed by atoms with E-state index in [1.165, 1.54) is 50.7 Å². The van der Waals surface area contributed by atoms with Crippen LogP contribution in [-0.2, 0) is 0 Å². The molecule has 132 valence electrons. The van der Waals surface area contributed by atoms with Crippen molar-refractivity contribution in [1.29, 1.82) is 0 Å². The fraction of sp³-hybridized carbons (Fsp3) is 0.632. The Hall–Kier alpha value is -1.13. The van der Waals surface area contributed by atoms with Crippen molar-refractivity contribution in [2.45, 2.75) is 63.5 Å². The van der Waals surface area contributed by atoms with Gasteiger partial charge < -0.3 is 5.32 Å². The molecule has 0 aromatic heterocycles. The number of rotatable bonds is 3. The first-order valence-corrected chi connectivity index (χ1v) is 9.51. The molecule has 1 heterocycles. The van der Waals surface area contributed by atoms with E-state index in [4.69, 9.17) is 11.6 Å². The van der Waals surface area contributed by atoms with E-state index in [1.807, 2.05) is 0 Å². The van der Waals surface area contributed by atoms with Crippen molar-refractivity contribution in [1.82, 2.24) is 10.2 Å². The molecule has 5 heteroatoms. The molecule has 1 N–H and O–H groups in total. The largest absolute Gasteiger partial charge is 0.348 e. The molecule has 1 saturated carbocycles. The summed E-state index contributed by atoms with van der Waals surface area (Å²) in [4.78, 5) is 14.9. The third-order valence-electron chi connectivity index (χ3n) is 5.30. The van der Waals surface area contributed by atoms with E-state index in [1.54, 1.807) is 6.07 Å². The lowest BCUT2D eigenvalue weighted by Gasteiger charge is -2.38. The van der Waals surface area contributed by atoms with Crippen LogP contribution < -0.4 is 5.32 Å². The molecule has 24 heavy (non-hydrogen) atoms. The summed E-state index contributed by atoms with van der Waals surface area (Å²) in [7, 11) is 0. The van der Waals surface area contributed by atoms with Gasteiger partial charge in [0.15, 0.2) is 0 Å². The lowest BCUT2D eigenvalue weighted by molar-refractivity contribution is 0.0857. The van der Waals surface area contributed by atoms with E-state index >= 15 is 0 Å². The summed E-state index contributed by atoms with van der Waals surface area (Å²) >= 11 is 5.75. The third-order valence-corrected chi connectivity index (χ3v) is 5.54. The molecule has 3 rings (SSSR count). The monoisotopic (exact) mass is 352 g/mol. The predicted octanol–water partition coefficient (Wildman–Crippen LogP) is 4.40. The standard InChI is InChI=1S/C19H26ClFN2O/c20-14-9-10-17(18(21)12-14)19(24)22-15-6-5-11-23(13-15)16-7-3-1-2-4-8-16/h9-10,12,15-16H,1-8,11,13H2,(H,22,24). The number of hydrogen-bond acceptors (Lipinski definition) is 2. The van der Waals surface area contributed by atoms with E-state index in [0.717, 1.165) is 25.9 Å². The van der Waals surface area contributed by atoms with Crippen LogP contribution in [0.4, 0.5) is 4.39 Å². The first-order chi connectivity index (χ1) is 11.6.